The molecule has 9 heavy (non-hydrogen) atoms. The highest BCUT2D eigenvalue weighted by Gasteiger charge is 2.12. The Balaban J connectivity index is 2.11. The van der Waals surface area contributed by atoms with E-state index in [0.29, 0.717) is 6.10 Å². The van der Waals surface area contributed by atoms with E-state index in [1.165, 1.54) is 6.42 Å². The van der Waals surface area contributed by atoms with Gasteiger partial charge in [0.15, 0.2) is 0 Å². The summed E-state index contributed by atoms with van der Waals surface area (Å²) in [5.41, 5.74) is 0. The largest absolute Gasteiger partial charge is 0.516 e. The highest BCUT2D eigenvalue weighted by molar-refractivity contribution is 4.78. The SMILES string of the molecule is OC=CCC1CCCO1. The maximum Gasteiger partial charge on any atom is 0.0752 e. The van der Waals surface area contributed by atoms with Gasteiger partial charge in [-0.05, 0) is 25.3 Å². The first-order chi connectivity index (χ1) is 4.43. The third-order valence-corrected chi connectivity index (χ3v) is 1.53. The molecule has 0 aromatic heterocycles. The van der Waals surface area contributed by atoms with Gasteiger partial charge in [-0.1, -0.05) is 0 Å². The van der Waals surface area contributed by atoms with E-state index in [1.54, 1.807) is 6.08 Å². The van der Waals surface area contributed by atoms with Gasteiger partial charge in [-0.15, -0.1) is 0 Å². The lowest BCUT2D eigenvalue weighted by atomic mass is 10.2. The van der Waals surface area contributed by atoms with E-state index in [1.807, 2.05) is 0 Å². The standard InChI is InChI=1S/C7H12O2/c8-5-1-3-7-4-2-6-9-7/h1,5,7-8H,2-4,6H2. The van der Waals surface area contributed by atoms with E-state index in [4.69, 9.17) is 9.84 Å². The van der Waals surface area contributed by atoms with Crippen LogP contribution in [0, 0.1) is 0 Å². The zero-order valence-electron chi connectivity index (χ0n) is 5.42. The van der Waals surface area contributed by atoms with Crippen LogP contribution in [0.4, 0.5) is 0 Å². The van der Waals surface area contributed by atoms with Gasteiger partial charge in [-0.25, -0.2) is 0 Å². The molecule has 0 aromatic carbocycles. The molecule has 1 aliphatic heterocycles. The molecular weight excluding hydrogens is 116 g/mol. The number of aliphatic hydroxyl groups is 1. The third-order valence-electron chi connectivity index (χ3n) is 1.53. The molecule has 0 aliphatic carbocycles. The van der Waals surface area contributed by atoms with Crippen molar-refractivity contribution in [3.63, 3.8) is 0 Å². The Bertz CT molecular complexity index is 93.1. The fraction of sp³-hybridized carbons (Fsp3) is 0.714. The molecule has 1 aliphatic rings. The molecule has 0 amide bonds. The summed E-state index contributed by atoms with van der Waals surface area (Å²) in [6.07, 6.45) is 6.36. The summed E-state index contributed by atoms with van der Waals surface area (Å²) < 4.78 is 5.29. The number of hydrogen-bond donors (Lipinski definition) is 1. The van der Waals surface area contributed by atoms with Crippen LogP contribution in [0.15, 0.2) is 12.3 Å². The first kappa shape index (κ1) is 6.62. The van der Waals surface area contributed by atoms with Crippen molar-refractivity contribution in [1.29, 1.82) is 0 Å². The molecule has 0 bridgehead atoms. The Kier molecular flexibility index (Phi) is 2.58. The van der Waals surface area contributed by atoms with Crippen LogP contribution in [-0.4, -0.2) is 17.8 Å². The van der Waals surface area contributed by atoms with Crippen molar-refractivity contribution in [3.8, 4) is 0 Å². The summed E-state index contributed by atoms with van der Waals surface area (Å²) in [6.45, 7) is 0.893. The van der Waals surface area contributed by atoms with Crippen molar-refractivity contribution in [3.05, 3.63) is 12.3 Å². The van der Waals surface area contributed by atoms with E-state index in [-0.39, 0.29) is 0 Å². The van der Waals surface area contributed by atoms with Crippen molar-refractivity contribution >= 4 is 0 Å². The Morgan fingerprint density at radius 1 is 1.67 bits per heavy atom. The van der Waals surface area contributed by atoms with E-state index < -0.39 is 0 Å². The van der Waals surface area contributed by atoms with Crippen molar-refractivity contribution < 1.29 is 9.84 Å². The van der Waals surface area contributed by atoms with Gasteiger partial charge in [0, 0.05) is 6.61 Å². The third kappa shape index (κ3) is 2.06. The number of hydrogen-bond acceptors (Lipinski definition) is 2. The zero-order valence-corrected chi connectivity index (χ0v) is 5.42. The molecule has 0 aromatic rings. The molecule has 1 rings (SSSR count). The van der Waals surface area contributed by atoms with Crippen molar-refractivity contribution in [1.82, 2.24) is 0 Å². The van der Waals surface area contributed by atoms with Crippen LogP contribution in [0.2, 0.25) is 0 Å². The van der Waals surface area contributed by atoms with Gasteiger partial charge in [0.1, 0.15) is 0 Å². The van der Waals surface area contributed by atoms with Crippen LogP contribution < -0.4 is 0 Å². The fourth-order valence-corrected chi connectivity index (χ4v) is 1.04. The summed E-state index contributed by atoms with van der Waals surface area (Å²) in [5.74, 6) is 0. The normalized spacial score (nSPS) is 27.8. The molecule has 1 unspecified atom stereocenters. The van der Waals surface area contributed by atoms with Crippen LogP contribution in [0.25, 0.3) is 0 Å². The topological polar surface area (TPSA) is 29.5 Å². The minimum atomic E-state index is 0.369. The lowest BCUT2D eigenvalue weighted by Crippen LogP contribution is -2.01. The summed E-state index contributed by atoms with van der Waals surface area (Å²) in [4.78, 5) is 0. The summed E-state index contributed by atoms with van der Waals surface area (Å²) in [7, 11) is 0. The molecule has 2 heteroatoms. The minimum absolute atomic E-state index is 0.369. The second-order valence-corrected chi connectivity index (χ2v) is 2.26. The summed E-state index contributed by atoms with van der Waals surface area (Å²) >= 11 is 0. The first-order valence-electron chi connectivity index (χ1n) is 3.34. The van der Waals surface area contributed by atoms with E-state index in [0.717, 1.165) is 25.7 Å². The molecule has 52 valence electrons. The van der Waals surface area contributed by atoms with E-state index in [2.05, 4.69) is 0 Å². The quantitative estimate of drug-likeness (QED) is 0.573. The second kappa shape index (κ2) is 3.51. The lowest BCUT2D eigenvalue weighted by molar-refractivity contribution is 0.113. The molecule has 0 spiro atoms. The highest BCUT2D eigenvalue weighted by Crippen LogP contribution is 2.14. The van der Waals surface area contributed by atoms with Gasteiger partial charge in [0.25, 0.3) is 0 Å². The molecule has 0 saturated carbocycles. The predicted molar refractivity (Wildman–Crippen MR) is 35.4 cm³/mol. The van der Waals surface area contributed by atoms with Crippen LogP contribution in [-0.2, 0) is 4.74 Å². The minimum Gasteiger partial charge on any atom is -0.516 e. The summed E-state index contributed by atoms with van der Waals surface area (Å²) in [5, 5.41) is 8.29. The number of ether oxygens (including phenoxy) is 1. The molecule has 1 saturated heterocycles. The molecule has 1 atom stereocenters. The van der Waals surface area contributed by atoms with Gasteiger partial charge in [0.2, 0.25) is 0 Å². The van der Waals surface area contributed by atoms with Gasteiger partial charge < -0.3 is 9.84 Å². The van der Waals surface area contributed by atoms with Crippen LogP contribution >= 0.6 is 0 Å². The number of rotatable bonds is 2. The van der Waals surface area contributed by atoms with E-state index in [9.17, 15) is 0 Å². The smallest absolute Gasteiger partial charge is 0.0752 e. The maximum atomic E-state index is 8.29. The van der Waals surface area contributed by atoms with Crippen LogP contribution in [0.1, 0.15) is 19.3 Å². The predicted octanol–water partition coefficient (Wildman–Crippen LogP) is 1.63. The van der Waals surface area contributed by atoms with E-state index >= 15 is 0 Å². The van der Waals surface area contributed by atoms with Gasteiger partial charge in [-0.2, -0.15) is 0 Å². The fourth-order valence-electron chi connectivity index (χ4n) is 1.04. The Morgan fingerprint density at radius 2 is 2.56 bits per heavy atom. The molecular formula is C7H12O2. The van der Waals surface area contributed by atoms with Gasteiger partial charge in [0.05, 0.1) is 12.4 Å². The maximum absolute atomic E-state index is 8.29. The molecule has 2 nitrogen and oxygen atoms in total. The van der Waals surface area contributed by atoms with Gasteiger partial charge in [-0.3, -0.25) is 0 Å². The monoisotopic (exact) mass is 128 g/mol. The van der Waals surface area contributed by atoms with Gasteiger partial charge >= 0.3 is 0 Å². The van der Waals surface area contributed by atoms with Crippen molar-refractivity contribution in [2.75, 3.05) is 6.61 Å². The molecule has 1 heterocycles. The Morgan fingerprint density at radius 3 is 3.11 bits per heavy atom. The summed E-state index contributed by atoms with van der Waals surface area (Å²) in [6, 6.07) is 0. The molecule has 1 fully saturated rings. The number of aliphatic hydroxyl groups excluding tert-OH is 1. The zero-order chi connectivity index (χ0) is 6.53. The molecule has 0 radical (unpaired) electrons. The molecule has 1 N–H and O–H groups in total. The Hall–Kier alpha value is -0.500. The van der Waals surface area contributed by atoms with Crippen molar-refractivity contribution in [2.24, 2.45) is 0 Å². The average Bonchev–Trinajstić information content (AvgIpc) is 2.34. The highest BCUT2D eigenvalue weighted by atomic mass is 16.5. The first-order valence-corrected chi connectivity index (χ1v) is 3.34. The second-order valence-electron chi connectivity index (χ2n) is 2.26. The van der Waals surface area contributed by atoms with Crippen LogP contribution in [0.5, 0.6) is 0 Å². The van der Waals surface area contributed by atoms with Crippen LogP contribution in [0.3, 0.4) is 0 Å². The average molecular weight is 128 g/mol. The van der Waals surface area contributed by atoms with Crippen molar-refractivity contribution in [2.45, 2.75) is 25.4 Å². The lowest BCUT2D eigenvalue weighted by Gasteiger charge is -2.02. The Labute approximate surface area is 55.1 Å².